The van der Waals surface area contributed by atoms with Crippen molar-refractivity contribution in [2.24, 2.45) is 11.8 Å². The van der Waals surface area contributed by atoms with Gasteiger partial charge in [0, 0.05) is 30.4 Å². The van der Waals surface area contributed by atoms with E-state index in [-0.39, 0.29) is 48.6 Å². The fourth-order valence-corrected chi connectivity index (χ4v) is 5.38. The van der Waals surface area contributed by atoms with Crippen LogP contribution in [0.1, 0.15) is 69.2 Å². The molecule has 11 nitrogen and oxygen atoms in total. The molecule has 0 bridgehead atoms. The number of hydrogen-bond donors (Lipinski definition) is 1. The lowest BCUT2D eigenvalue weighted by Gasteiger charge is -2.28. The molecular weight excluding hydrogens is 506 g/mol. The highest BCUT2D eigenvalue weighted by Gasteiger charge is 2.62. The predicted octanol–water partition coefficient (Wildman–Crippen LogP) is 3.32. The van der Waals surface area contributed by atoms with Crippen molar-refractivity contribution in [1.82, 2.24) is 10.2 Å². The van der Waals surface area contributed by atoms with Crippen molar-refractivity contribution >= 4 is 29.4 Å². The van der Waals surface area contributed by atoms with Gasteiger partial charge in [-0.25, -0.2) is 9.59 Å². The van der Waals surface area contributed by atoms with Crippen molar-refractivity contribution in [3.05, 3.63) is 52.1 Å². The molecule has 2 heterocycles. The first-order valence-electron chi connectivity index (χ1n) is 13.6. The number of nitrogens with one attached hydrogen (secondary N) is 1. The summed E-state index contributed by atoms with van der Waals surface area (Å²) in [5.41, 5.74) is -1.20. The smallest absolute Gasteiger partial charge is 0.338 e. The Morgan fingerprint density at radius 1 is 1.18 bits per heavy atom. The molecule has 210 valence electrons. The van der Waals surface area contributed by atoms with Gasteiger partial charge in [-0.15, -0.1) is 0 Å². The molecule has 3 aliphatic rings. The summed E-state index contributed by atoms with van der Waals surface area (Å²) in [5.74, 6) is -2.39. The van der Waals surface area contributed by atoms with E-state index in [2.05, 4.69) is 5.32 Å². The SMILES string of the molecule is CCOC(=O)[C@@]12C[C@H]1/C=C\CCCCC[C@H](C)C(=O)N1C[C@@H](OC(=O)c3ccc([N+](=O)[O-])cc3)C[C@H]1C(=O)N2. The van der Waals surface area contributed by atoms with Gasteiger partial charge in [0.2, 0.25) is 11.8 Å². The largest absolute Gasteiger partial charge is 0.464 e. The molecular formula is C28H35N3O8. The van der Waals surface area contributed by atoms with Crippen molar-refractivity contribution in [3.63, 3.8) is 0 Å². The first-order valence-corrected chi connectivity index (χ1v) is 13.6. The Morgan fingerprint density at radius 3 is 2.62 bits per heavy atom. The van der Waals surface area contributed by atoms with Crippen LogP contribution in [0.2, 0.25) is 0 Å². The standard InChI is InChI=1S/C28H35N3O8/c1-3-38-27(35)28-16-20(28)10-8-6-4-5-7-9-18(2)25(33)30-17-22(15-23(30)24(32)29-28)39-26(34)19-11-13-21(14-12-19)31(36)37/h8,10-14,18,20,22-23H,3-7,9,15-17H2,1-2H3,(H,29,32)/b10-8-/t18-,20+,22-,23-,28+/m0/s1. The Hall–Kier alpha value is -3.76. The zero-order chi connectivity index (χ0) is 28.2. The topological polar surface area (TPSA) is 145 Å². The van der Waals surface area contributed by atoms with Crippen LogP contribution in [0.25, 0.3) is 0 Å². The maximum absolute atomic E-state index is 13.6. The average molecular weight is 542 g/mol. The number of amides is 2. The van der Waals surface area contributed by atoms with Gasteiger partial charge in [-0.3, -0.25) is 19.7 Å². The van der Waals surface area contributed by atoms with E-state index in [1.165, 1.54) is 29.2 Å². The van der Waals surface area contributed by atoms with Gasteiger partial charge < -0.3 is 19.7 Å². The highest BCUT2D eigenvalue weighted by atomic mass is 16.6. The zero-order valence-electron chi connectivity index (χ0n) is 22.3. The van der Waals surface area contributed by atoms with Gasteiger partial charge in [0.25, 0.3) is 5.69 Å². The number of carbonyl (C=O) groups is 4. The first-order chi connectivity index (χ1) is 18.7. The van der Waals surface area contributed by atoms with Crippen LogP contribution in [0, 0.1) is 22.0 Å². The molecule has 2 amide bonds. The molecule has 1 N–H and O–H groups in total. The van der Waals surface area contributed by atoms with Gasteiger partial charge in [-0.2, -0.15) is 0 Å². The number of nitrogens with zero attached hydrogens (tertiary/aromatic N) is 2. The Bertz CT molecular complexity index is 1150. The monoisotopic (exact) mass is 541 g/mol. The number of rotatable bonds is 5. The van der Waals surface area contributed by atoms with Crippen LogP contribution in [0.15, 0.2) is 36.4 Å². The Kier molecular flexibility index (Phi) is 8.66. The highest BCUT2D eigenvalue weighted by Crippen LogP contribution is 2.46. The van der Waals surface area contributed by atoms with Gasteiger partial charge in [0.1, 0.15) is 17.7 Å². The van der Waals surface area contributed by atoms with Crippen molar-refractivity contribution < 1.29 is 33.6 Å². The number of fused-ring (bicyclic) bond motifs is 2. The summed E-state index contributed by atoms with van der Waals surface area (Å²) in [6, 6.07) is 4.11. The second-order valence-electron chi connectivity index (χ2n) is 10.5. The molecule has 0 radical (unpaired) electrons. The van der Waals surface area contributed by atoms with E-state index < -0.39 is 40.5 Å². The minimum Gasteiger partial charge on any atom is -0.464 e. The van der Waals surface area contributed by atoms with E-state index in [0.717, 1.165) is 25.7 Å². The minimum absolute atomic E-state index is 0.0374. The molecule has 0 spiro atoms. The van der Waals surface area contributed by atoms with E-state index in [4.69, 9.17) is 9.47 Å². The summed E-state index contributed by atoms with van der Waals surface area (Å²) in [6.07, 6.45) is 8.09. The van der Waals surface area contributed by atoms with Crippen molar-refractivity contribution in [2.75, 3.05) is 13.2 Å². The lowest BCUT2D eigenvalue weighted by Crippen LogP contribution is -2.54. The summed E-state index contributed by atoms with van der Waals surface area (Å²) in [6.45, 7) is 3.76. The molecule has 39 heavy (non-hydrogen) atoms. The summed E-state index contributed by atoms with van der Waals surface area (Å²) in [4.78, 5) is 64.5. The molecule has 2 aliphatic heterocycles. The first kappa shape index (κ1) is 28.3. The normalized spacial score (nSPS) is 30.1. The summed E-state index contributed by atoms with van der Waals surface area (Å²) in [5, 5.41) is 13.8. The third-order valence-corrected chi connectivity index (χ3v) is 7.73. The average Bonchev–Trinajstić information content (AvgIpc) is 3.44. The number of allylic oxidation sites excluding steroid dienone is 1. The van der Waals surface area contributed by atoms with Gasteiger partial charge in [-0.1, -0.05) is 31.9 Å². The van der Waals surface area contributed by atoms with Crippen LogP contribution >= 0.6 is 0 Å². The Labute approximate surface area is 227 Å². The molecule has 1 saturated carbocycles. The fraction of sp³-hybridized carbons (Fsp3) is 0.571. The maximum Gasteiger partial charge on any atom is 0.338 e. The highest BCUT2D eigenvalue weighted by molar-refractivity contribution is 5.96. The van der Waals surface area contributed by atoms with Crippen molar-refractivity contribution in [2.45, 2.75) is 76.5 Å². The number of nitro benzene ring substituents is 1. The molecule has 0 unspecified atom stereocenters. The van der Waals surface area contributed by atoms with Crippen LogP contribution in [-0.4, -0.2) is 64.4 Å². The number of benzene rings is 1. The third kappa shape index (κ3) is 6.29. The van der Waals surface area contributed by atoms with Gasteiger partial charge in [0.05, 0.1) is 23.6 Å². The van der Waals surface area contributed by atoms with Crippen LogP contribution < -0.4 is 5.32 Å². The van der Waals surface area contributed by atoms with E-state index in [9.17, 15) is 29.3 Å². The number of esters is 2. The van der Waals surface area contributed by atoms with Crippen molar-refractivity contribution in [1.29, 1.82) is 0 Å². The van der Waals surface area contributed by atoms with Gasteiger partial charge in [0.15, 0.2) is 0 Å². The molecule has 1 aromatic carbocycles. The predicted molar refractivity (Wildman–Crippen MR) is 139 cm³/mol. The summed E-state index contributed by atoms with van der Waals surface area (Å²) in [7, 11) is 0. The van der Waals surface area contributed by atoms with Gasteiger partial charge >= 0.3 is 11.9 Å². The number of nitro groups is 1. The molecule has 1 aliphatic carbocycles. The van der Waals surface area contributed by atoms with E-state index >= 15 is 0 Å². The van der Waals surface area contributed by atoms with Crippen LogP contribution in [0.3, 0.4) is 0 Å². The minimum atomic E-state index is -1.17. The van der Waals surface area contributed by atoms with Crippen molar-refractivity contribution in [3.8, 4) is 0 Å². The summed E-state index contributed by atoms with van der Waals surface area (Å²) >= 11 is 0. The lowest BCUT2D eigenvalue weighted by molar-refractivity contribution is -0.384. The van der Waals surface area contributed by atoms with Gasteiger partial charge in [-0.05, 0) is 44.7 Å². The molecule has 1 saturated heterocycles. The Balaban J connectivity index is 1.54. The quantitative estimate of drug-likeness (QED) is 0.259. The lowest BCUT2D eigenvalue weighted by atomic mass is 10.0. The number of non-ortho nitro benzene ring substituents is 1. The molecule has 2 fully saturated rings. The number of carbonyl (C=O) groups excluding carboxylic acids is 4. The summed E-state index contributed by atoms with van der Waals surface area (Å²) < 4.78 is 10.9. The van der Waals surface area contributed by atoms with Crippen LogP contribution in [-0.2, 0) is 23.9 Å². The van der Waals surface area contributed by atoms with Crippen LogP contribution in [0.5, 0.6) is 0 Å². The maximum atomic E-state index is 13.6. The second-order valence-corrected chi connectivity index (χ2v) is 10.5. The fourth-order valence-electron chi connectivity index (χ4n) is 5.38. The molecule has 11 heteroatoms. The van der Waals surface area contributed by atoms with E-state index in [1.807, 2.05) is 19.1 Å². The molecule has 1 aromatic rings. The molecule has 5 atom stereocenters. The van der Waals surface area contributed by atoms with Crippen LogP contribution in [0.4, 0.5) is 5.69 Å². The number of hydrogen-bond acceptors (Lipinski definition) is 8. The van der Waals surface area contributed by atoms with E-state index in [1.54, 1.807) is 6.92 Å². The second kappa shape index (κ2) is 12.0. The Morgan fingerprint density at radius 2 is 1.92 bits per heavy atom. The molecule has 0 aromatic heterocycles. The van der Waals surface area contributed by atoms with E-state index in [0.29, 0.717) is 12.8 Å². The number of ether oxygens (including phenoxy) is 2. The third-order valence-electron chi connectivity index (χ3n) is 7.73. The molecule has 4 rings (SSSR count). The zero-order valence-corrected chi connectivity index (χ0v) is 22.3.